The lowest BCUT2D eigenvalue weighted by atomic mass is 10.1. The number of morpholine rings is 4. The first-order valence-electron chi connectivity index (χ1n) is 42.7. The average molecular weight is 1930 g/mol. The minimum Gasteiger partial charge on any atom is -0.377 e. The van der Waals surface area contributed by atoms with E-state index in [1.165, 1.54) is 85.9 Å². The molecule has 4 fully saturated rings. The quantitative estimate of drug-likeness (QED) is 0.0142. The number of rotatable bonds is 26. The molecule has 0 aliphatic carbocycles. The molecule has 4 atom stereocenters. The molecule has 7 aromatic heterocycles. The van der Waals surface area contributed by atoms with Gasteiger partial charge >= 0.3 is 24.7 Å². The summed E-state index contributed by atoms with van der Waals surface area (Å²) in [6, 6.07) is 36.4. The number of ether oxygens (including phenoxy) is 4. The SMILES string of the molecule is CC1CN(c2nc(N/N=C/c3ccc(Nc4cccc(C(F)(F)F)c4)cn3)ncc2F)CCO1.CC1COCCN1c1nc(N/N=C/c2ccc(Nc3cccc(C(F)(F)F)c3)cc2)ncc1F.CCC1CN(c2nc(N/N=C/c3ccc(Nc4cccc(C(F)(F)F)c4)cn3)ncc2F)CCO1.CCC1COCCN1c1nc(N/N=C/c2ccc(Nc3cccc(C(F)(F)F)c3)cn2)ncc1F. The van der Waals surface area contributed by atoms with Crippen LogP contribution in [0.25, 0.3) is 0 Å². The maximum Gasteiger partial charge on any atom is 0.416 e. The number of nitrogens with zero attached hydrogens (tertiary/aromatic N) is 19. The third-order valence-corrected chi connectivity index (χ3v) is 20.6. The maximum absolute atomic E-state index is 14.4. The van der Waals surface area contributed by atoms with Gasteiger partial charge in [0.25, 0.3) is 0 Å². The van der Waals surface area contributed by atoms with E-state index in [0.29, 0.717) is 141 Å². The largest absolute Gasteiger partial charge is 0.416 e. The zero-order valence-corrected chi connectivity index (χ0v) is 73.7. The molecule has 0 saturated carbocycles. The summed E-state index contributed by atoms with van der Waals surface area (Å²) < 4.78 is 233. The summed E-state index contributed by atoms with van der Waals surface area (Å²) in [6.07, 6.45) is -1.53. The van der Waals surface area contributed by atoms with Gasteiger partial charge in [-0.15, -0.1) is 0 Å². The fourth-order valence-electron chi connectivity index (χ4n) is 13.7. The molecule has 4 unspecified atom stereocenters. The maximum atomic E-state index is 14.4. The van der Waals surface area contributed by atoms with Gasteiger partial charge in [-0.3, -0.25) is 15.0 Å². The standard InChI is InChI=1S/2C23H23F4N7O.C23H22F4N6O.C22H21F4N7O/c1-2-19-14-35-9-8-34(19)21-20(24)13-29-22(32-21)33-30-12-17-6-7-18(11-28-17)31-16-5-3-4-15(10-16)23(25,26)27;1-2-19-14-34(8-9-35-19)21-20(24)13-29-22(32-21)33-30-12-17-6-7-18(11-28-17)31-16-5-3-4-15(10-16)23(25,26)27;1-15-14-34-10-9-33(15)21-20(24)13-28-22(31-21)32-29-12-16-5-7-18(8-6-16)30-19-4-2-3-17(11-19)23(25,26)27;1-14-13-33(7-8-34-14)20-19(23)12-28-21(31-20)32-29-11-17-5-6-18(10-27-17)30-16-4-2-3-15(9-16)22(24,25)26/h2*3-7,10-13,19,31H,2,8-9,14H2,1H3,(H,29,32,33);2-8,11-13,15,30H,9-10,14H2,1H3,(H,28,31,32);2-6,9-12,14,30H,7-8,13H2,1H3,(H,28,31,32)/b2*30-12+;29-12+;29-11+. The van der Waals surface area contributed by atoms with Crippen molar-refractivity contribution in [3.8, 4) is 0 Å². The molecular weight excluding hydrogens is 1840 g/mol. The minimum atomic E-state index is -4.42. The van der Waals surface area contributed by atoms with Crippen LogP contribution in [0.3, 0.4) is 0 Å². The van der Waals surface area contributed by atoms with Crippen LogP contribution in [0.2, 0.25) is 0 Å². The van der Waals surface area contributed by atoms with Crippen LogP contribution in [0.1, 0.15) is 85.4 Å². The zero-order valence-electron chi connectivity index (χ0n) is 73.7. The minimum absolute atomic E-state index is 0.0161. The number of halogens is 16. The predicted molar refractivity (Wildman–Crippen MR) is 491 cm³/mol. The summed E-state index contributed by atoms with van der Waals surface area (Å²) in [5.41, 5.74) is 13.2. The Kier molecular flexibility index (Phi) is 34.1. The van der Waals surface area contributed by atoms with E-state index in [1.54, 1.807) is 71.6 Å². The van der Waals surface area contributed by atoms with Crippen LogP contribution in [0.5, 0.6) is 0 Å². The summed E-state index contributed by atoms with van der Waals surface area (Å²) in [5.74, 6) is -0.850. The molecule has 0 radical (unpaired) electrons. The smallest absolute Gasteiger partial charge is 0.377 e. The highest BCUT2D eigenvalue weighted by atomic mass is 19.4. The molecule has 4 aliphatic heterocycles. The van der Waals surface area contributed by atoms with E-state index in [4.69, 9.17) is 18.9 Å². The van der Waals surface area contributed by atoms with E-state index in [1.807, 2.05) is 42.4 Å². The molecule has 31 nitrogen and oxygen atoms in total. The van der Waals surface area contributed by atoms with Crippen molar-refractivity contribution in [2.45, 2.75) is 89.5 Å². The van der Waals surface area contributed by atoms with Crippen molar-refractivity contribution in [3.05, 3.63) is 269 Å². The predicted octanol–water partition coefficient (Wildman–Crippen LogP) is 19.2. The molecule has 0 spiro atoms. The monoisotopic (exact) mass is 1930 g/mol. The van der Waals surface area contributed by atoms with Crippen molar-refractivity contribution in [2.24, 2.45) is 20.4 Å². The molecule has 0 amide bonds. The van der Waals surface area contributed by atoms with E-state index in [9.17, 15) is 70.2 Å². The number of alkyl halides is 12. The molecule has 4 aliphatic rings. The molecule has 47 heteroatoms. The Labute approximate surface area is 778 Å². The number of hydrogen-bond donors (Lipinski definition) is 8. The Morgan fingerprint density at radius 3 is 1.07 bits per heavy atom. The highest BCUT2D eigenvalue weighted by Crippen LogP contribution is 2.37. The number of pyridine rings is 3. The molecule has 4 saturated heterocycles. The van der Waals surface area contributed by atoms with Gasteiger partial charge < -0.3 is 59.8 Å². The van der Waals surface area contributed by atoms with Gasteiger partial charge in [0, 0.05) is 67.7 Å². The molecule has 0 bridgehead atoms. The number of benzene rings is 5. The molecule has 12 aromatic rings. The second kappa shape index (κ2) is 46.9. The van der Waals surface area contributed by atoms with Crippen molar-refractivity contribution in [3.63, 3.8) is 0 Å². The third kappa shape index (κ3) is 29.4. The van der Waals surface area contributed by atoms with Crippen molar-refractivity contribution >= 4 is 117 Å². The van der Waals surface area contributed by atoms with E-state index in [-0.39, 0.29) is 71.4 Å². The lowest BCUT2D eigenvalue weighted by Crippen LogP contribution is -2.46. The molecule has 8 N–H and O–H groups in total. The number of nitrogens with one attached hydrogen (secondary N) is 8. The first-order chi connectivity index (χ1) is 66.2. The van der Waals surface area contributed by atoms with Crippen molar-refractivity contribution in [1.29, 1.82) is 0 Å². The topological polar surface area (TPSA) is 337 Å². The van der Waals surface area contributed by atoms with Crippen molar-refractivity contribution in [2.75, 3.05) is 141 Å². The molecule has 16 rings (SSSR count). The third-order valence-electron chi connectivity index (χ3n) is 20.6. The van der Waals surface area contributed by atoms with Gasteiger partial charge in [-0.05, 0) is 154 Å². The fraction of sp³-hybridized carbons (Fsp3) is 0.286. The molecule has 724 valence electrons. The highest BCUT2D eigenvalue weighted by Gasteiger charge is 2.35. The highest BCUT2D eigenvalue weighted by molar-refractivity contribution is 5.82. The van der Waals surface area contributed by atoms with Crippen LogP contribution >= 0.6 is 0 Å². The summed E-state index contributed by atoms with van der Waals surface area (Å²) in [7, 11) is 0. The summed E-state index contributed by atoms with van der Waals surface area (Å²) >= 11 is 0. The Morgan fingerprint density at radius 1 is 0.355 bits per heavy atom. The van der Waals surface area contributed by atoms with Crippen LogP contribution < -0.4 is 62.6 Å². The lowest BCUT2D eigenvalue weighted by molar-refractivity contribution is -0.138. The number of hydrazone groups is 4. The Morgan fingerprint density at radius 2 is 0.703 bits per heavy atom. The fourth-order valence-corrected chi connectivity index (χ4v) is 13.7. The Hall–Kier alpha value is -15.1. The second-order valence-corrected chi connectivity index (χ2v) is 30.7. The van der Waals surface area contributed by atoms with Crippen LogP contribution in [0.15, 0.2) is 222 Å². The summed E-state index contributed by atoms with van der Waals surface area (Å²) in [4.78, 5) is 52.5. The van der Waals surface area contributed by atoms with Gasteiger partial charge in [-0.25, -0.2) is 59.2 Å². The van der Waals surface area contributed by atoms with Gasteiger partial charge in [-0.1, -0.05) is 50.2 Å². The van der Waals surface area contributed by atoms with Gasteiger partial charge in [0.15, 0.2) is 46.5 Å². The second-order valence-electron chi connectivity index (χ2n) is 30.7. The first kappa shape index (κ1) is 100. The number of hydrogen-bond acceptors (Lipinski definition) is 31. The van der Waals surface area contributed by atoms with Crippen molar-refractivity contribution in [1.82, 2.24) is 54.8 Å². The van der Waals surface area contributed by atoms with Gasteiger partial charge in [-0.2, -0.15) is 93.0 Å². The Balaban J connectivity index is 0.000000155. The zero-order chi connectivity index (χ0) is 97.9. The van der Waals surface area contributed by atoms with Crippen molar-refractivity contribution < 1.29 is 89.2 Å². The van der Waals surface area contributed by atoms with Gasteiger partial charge in [0.1, 0.15) is 0 Å². The summed E-state index contributed by atoms with van der Waals surface area (Å²) in [5, 5.41) is 27.8. The molecular formula is C91H89F16N27O4. The van der Waals surface area contributed by atoms with Gasteiger partial charge in [0.05, 0.1) is 189 Å². The van der Waals surface area contributed by atoms with Crippen LogP contribution in [-0.4, -0.2) is 183 Å². The van der Waals surface area contributed by atoms with E-state index in [0.717, 1.165) is 91.7 Å². The number of aromatic nitrogens is 11. The Bertz CT molecular complexity index is 6120. The van der Waals surface area contributed by atoms with E-state index in [2.05, 4.69) is 118 Å². The van der Waals surface area contributed by atoms with Gasteiger partial charge in [0.2, 0.25) is 23.8 Å². The molecule has 138 heavy (non-hydrogen) atoms. The summed E-state index contributed by atoms with van der Waals surface area (Å²) in [6.45, 7) is 14.0. The normalized spacial score (nSPS) is 16.6. The van der Waals surface area contributed by atoms with Crippen LogP contribution in [0, 0.1) is 23.3 Å². The lowest BCUT2D eigenvalue weighted by Gasteiger charge is -2.36. The van der Waals surface area contributed by atoms with Crippen LogP contribution in [-0.2, 0) is 43.7 Å². The number of anilines is 16. The first-order valence-corrected chi connectivity index (χ1v) is 42.7. The van der Waals surface area contributed by atoms with Crippen LogP contribution in [0.4, 0.5) is 163 Å². The average Bonchev–Trinajstić information content (AvgIpc) is 0.833. The molecule has 11 heterocycles. The van der Waals surface area contributed by atoms with E-state index < -0.39 is 70.2 Å². The van der Waals surface area contributed by atoms with E-state index >= 15 is 0 Å². The molecule has 5 aromatic carbocycles.